The number of piperidine rings is 1. The van der Waals surface area contributed by atoms with Gasteiger partial charge in [-0.15, -0.1) is 0 Å². The number of amides is 12. The van der Waals surface area contributed by atoms with Crippen LogP contribution in [0.4, 0.5) is 0 Å². The molecule has 12 atom stereocenters. The van der Waals surface area contributed by atoms with E-state index in [0.717, 1.165) is 30.9 Å². The van der Waals surface area contributed by atoms with Gasteiger partial charge in [0, 0.05) is 68.8 Å². The molecule has 26 nitrogen and oxygen atoms in total. The van der Waals surface area contributed by atoms with Gasteiger partial charge in [-0.3, -0.25) is 57.5 Å². The Balaban J connectivity index is 1.94. The first-order valence-electron chi connectivity index (χ1n) is 33.9. The first-order valence-corrected chi connectivity index (χ1v) is 34.3. The Morgan fingerprint density at radius 2 is 1.06 bits per heavy atom. The predicted octanol–water partition coefficient (Wildman–Crippen LogP) is 3.34. The van der Waals surface area contributed by atoms with Crippen molar-refractivity contribution in [3.8, 4) is 5.75 Å². The summed E-state index contributed by atoms with van der Waals surface area (Å²) < 4.78 is 6.12. The molecule has 97 heavy (non-hydrogen) atoms. The van der Waals surface area contributed by atoms with Gasteiger partial charge in [0.25, 0.3) is 0 Å². The minimum Gasteiger partial charge on any atom is -0.489 e. The molecule has 0 spiro atoms. The molecular formula is C70H109ClN12O14. The number of likely N-dealkylation sites (tertiary alicyclic amines) is 1. The third kappa shape index (κ3) is 22.6. The maximum atomic E-state index is 15.4. The molecule has 2 saturated heterocycles. The highest BCUT2D eigenvalue weighted by Gasteiger charge is 2.44. The molecule has 2 aliphatic rings. The largest absolute Gasteiger partial charge is 0.489 e. The van der Waals surface area contributed by atoms with E-state index < -0.39 is 163 Å². The molecule has 2 heterocycles. The lowest BCUT2D eigenvalue weighted by molar-refractivity contribution is -0.152. The Morgan fingerprint density at radius 3 is 1.62 bits per heavy atom. The lowest BCUT2D eigenvalue weighted by atomic mass is 9.94. The van der Waals surface area contributed by atoms with Crippen molar-refractivity contribution in [2.75, 3.05) is 75.6 Å². The smallest absolute Gasteiger partial charge is 0.249 e. The van der Waals surface area contributed by atoms with E-state index in [4.69, 9.17) is 16.3 Å². The van der Waals surface area contributed by atoms with Crippen LogP contribution in [0.15, 0.2) is 54.6 Å². The molecule has 0 unspecified atom stereocenters. The van der Waals surface area contributed by atoms with E-state index in [1.807, 2.05) is 41.5 Å². The second kappa shape index (κ2) is 37.7. The number of carbonyl (C=O) groups is 12. The van der Waals surface area contributed by atoms with Gasteiger partial charge >= 0.3 is 0 Å². The molecule has 12 amide bonds. The van der Waals surface area contributed by atoms with Gasteiger partial charge in [-0.2, -0.15) is 0 Å². The highest BCUT2D eigenvalue weighted by atomic mass is 35.5. The Labute approximate surface area is 578 Å². The van der Waals surface area contributed by atoms with Crippen LogP contribution >= 0.6 is 11.6 Å². The van der Waals surface area contributed by atoms with E-state index in [9.17, 15) is 53.1 Å². The van der Waals surface area contributed by atoms with E-state index in [1.54, 1.807) is 73.3 Å². The molecule has 540 valence electrons. The monoisotopic (exact) mass is 1380 g/mol. The fraction of sp³-hybridized carbons (Fsp3) is 0.657. The highest BCUT2D eigenvalue weighted by molar-refractivity contribution is 6.32. The fourth-order valence-electron chi connectivity index (χ4n) is 11.9. The summed E-state index contributed by atoms with van der Waals surface area (Å²) in [6.45, 7) is 18.2. The van der Waals surface area contributed by atoms with Crippen LogP contribution in [0, 0.1) is 23.7 Å². The zero-order chi connectivity index (χ0) is 73.0. The van der Waals surface area contributed by atoms with Gasteiger partial charge in [-0.1, -0.05) is 116 Å². The summed E-state index contributed by atoms with van der Waals surface area (Å²) in [5.74, 6) is -10.1. The SMILES string of the molecule is CC[C@H](C)[C@H]1C(=O)N[C@@H]([C@@H](C)O)C(=O)N(C)CC(=O)N(C)[C@@H](CC(C)C)C(=O)N[C@H](C(=O)N2CCCCC2)CC(=O)N(C)[C@@H](C)C(=O)N[C@@H](CC(C)C)C(=O)N(C)[C@@H](CC(C)C)C(=O)N(C)[C@@H](C)C(=O)N[C@@H](COc2ccccc2Cl)C(=O)N(C)[C@@H](Cc2ccccc2)C(=O)N1C. The summed E-state index contributed by atoms with van der Waals surface area (Å²) >= 11 is 6.53. The number of aliphatic hydroxyl groups excluding tert-OH is 1. The second-order valence-corrected chi connectivity index (χ2v) is 28.0. The number of hydrogen-bond acceptors (Lipinski definition) is 14. The van der Waals surface area contributed by atoms with Crippen molar-refractivity contribution in [3.63, 3.8) is 0 Å². The molecular weight excluding hydrogens is 1270 g/mol. The zero-order valence-corrected chi connectivity index (χ0v) is 61.0. The predicted molar refractivity (Wildman–Crippen MR) is 368 cm³/mol. The molecule has 2 aliphatic heterocycles. The summed E-state index contributed by atoms with van der Waals surface area (Å²) in [6, 6.07) is 1.42. The van der Waals surface area contributed by atoms with Gasteiger partial charge in [-0.25, -0.2) is 0 Å². The van der Waals surface area contributed by atoms with Crippen molar-refractivity contribution in [2.45, 2.75) is 200 Å². The molecule has 0 aromatic heterocycles. The molecule has 0 bridgehead atoms. The third-order valence-electron chi connectivity index (χ3n) is 18.5. The quantitative estimate of drug-likeness (QED) is 0.171. The summed E-state index contributed by atoms with van der Waals surface area (Å²) in [6.07, 6.45) is 0.511. The Kier molecular flexibility index (Phi) is 31.7. The van der Waals surface area contributed by atoms with E-state index in [1.165, 1.54) is 79.9 Å². The number of hydrogen-bond donors (Lipinski definition) is 5. The van der Waals surface area contributed by atoms with Crippen LogP contribution in [0.5, 0.6) is 5.75 Å². The summed E-state index contributed by atoms with van der Waals surface area (Å²) in [4.78, 5) is 187. The number of aliphatic hydroxyl groups is 1. The Hall–Kier alpha value is -7.87. The fourth-order valence-corrected chi connectivity index (χ4v) is 12.1. The minimum atomic E-state index is -1.69. The molecule has 5 N–H and O–H groups in total. The van der Waals surface area contributed by atoms with Crippen LogP contribution in [0.1, 0.15) is 133 Å². The number of nitrogens with one attached hydrogen (secondary N) is 4. The average Bonchev–Trinajstić information content (AvgIpc) is 0.825. The number of rotatable bonds is 15. The number of carbonyl (C=O) groups excluding carboxylic acids is 12. The maximum Gasteiger partial charge on any atom is 0.249 e. The Morgan fingerprint density at radius 1 is 0.546 bits per heavy atom. The minimum absolute atomic E-state index is 0.0654. The van der Waals surface area contributed by atoms with Crippen molar-refractivity contribution in [2.24, 2.45) is 23.7 Å². The number of likely N-dealkylation sites (N-methyl/N-ethyl adjacent to an activating group) is 7. The average molecular weight is 1380 g/mol. The van der Waals surface area contributed by atoms with Gasteiger partial charge in [0.05, 0.1) is 24.1 Å². The van der Waals surface area contributed by atoms with Crippen molar-refractivity contribution in [3.05, 3.63) is 65.2 Å². The van der Waals surface area contributed by atoms with Crippen molar-refractivity contribution >= 4 is 82.5 Å². The van der Waals surface area contributed by atoms with Crippen LogP contribution < -0.4 is 26.0 Å². The molecule has 0 radical (unpaired) electrons. The van der Waals surface area contributed by atoms with Crippen molar-refractivity contribution in [1.29, 1.82) is 0 Å². The highest BCUT2D eigenvalue weighted by Crippen LogP contribution is 2.26. The molecule has 4 rings (SSSR count). The molecule has 0 saturated carbocycles. The van der Waals surface area contributed by atoms with Crippen LogP contribution in [0.2, 0.25) is 5.02 Å². The van der Waals surface area contributed by atoms with Crippen LogP contribution in [0.25, 0.3) is 0 Å². The second-order valence-electron chi connectivity index (χ2n) is 27.6. The molecule has 2 aromatic carbocycles. The summed E-state index contributed by atoms with van der Waals surface area (Å²) in [7, 11) is 9.54. The maximum absolute atomic E-state index is 15.4. The normalized spacial score (nSPS) is 25.7. The third-order valence-corrected chi connectivity index (χ3v) is 18.9. The van der Waals surface area contributed by atoms with Gasteiger partial charge < -0.3 is 70.3 Å². The van der Waals surface area contributed by atoms with Gasteiger partial charge in [0.1, 0.15) is 72.8 Å². The lowest BCUT2D eigenvalue weighted by Gasteiger charge is -2.38. The van der Waals surface area contributed by atoms with E-state index >= 15 is 9.59 Å². The summed E-state index contributed by atoms with van der Waals surface area (Å²) in [5.41, 5.74) is 0.608. The molecule has 2 fully saturated rings. The van der Waals surface area contributed by atoms with Crippen LogP contribution in [-0.2, 0) is 64.0 Å². The first-order chi connectivity index (χ1) is 45.4. The molecule has 27 heteroatoms. The van der Waals surface area contributed by atoms with Gasteiger partial charge in [0.15, 0.2) is 0 Å². The first kappa shape index (κ1) is 81.6. The van der Waals surface area contributed by atoms with Gasteiger partial charge in [0.2, 0.25) is 70.9 Å². The number of nitrogens with zero attached hydrogens (tertiary/aromatic N) is 8. The summed E-state index contributed by atoms with van der Waals surface area (Å²) in [5, 5.41) is 22.4. The van der Waals surface area contributed by atoms with E-state index in [-0.39, 0.29) is 54.2 Å². The molecule has 2 aromatic rings. The number of para-hydroxylation sites is 1. The van der Waals surface area contributed by atoms with Gasteiger partial charge in [-0.05, 0) is 101 Å². The lowest BCUT2D eigenvalue weighted by Crippen LogP contribution is -2.63. The standard InChI is InChI=1S/C70H109ClN12O14/c1-19-44(8)60-64(90)75-59(47(11)84)70(96)76(12)39-58(86)79(15)53(35-42(4)5)63(89)73-51(67(93)83-32-26-21-27-33-83)38-57(85)77(13)45(9)61(87)72-50(34-41(2)3)65(91)80(16)54(36-43(6)7)68(94)78(14)46(10)62(88)74-52(40-97-56-31-25-24-30-49(56)71)66(92)81(17)55(69(95)82(60)18)37-48-28-22-20-23-29-48/h20,22-25,28-31,41-47,50-55,59-60,84H,19,21,26-27,32-40H2,1-18H3,(H,72,87)(H,73,89)(H,74,88)(H,75,90)/t44-,45-,46-,47+,50-,51-,52-,53-,54-,55-,59-,60-/m0/s1. The van der Waals surface area contributed by atoms with Crippen molar-refractivity contribution < 1.29 is 67.4 Å². The molecule has 0 aliphatic carbocycles. The topological polar surface area (TPSA) is 308 Å². The van der Waals surface area contributed by atoms with Crippen LogP contribution in [-0.4, -0.2) is 257 Å². The van der Waals surface area contributed by atoms with Crippen molar-refractivity contribution in [1.82, 2.24) is 60.5 Å². The number of benzene rings is 2. The number of halogens is 1. The Bertz CT molecular complexity index is 3060. The zero-order valence-electron chi connectivity index (χ0n) is 60.3. The number of ether oxygens (including phenoxy) is 1. The van der Waals surface area contributed by atoms with Crippen LogP contribution in [0.3, 0.4) is 0 Å². The van der Waals surface area contributed by atoms with E-state index in [2.05, 4.69) is 21.3 Å². The van der Waals surface area contributed by atoms with E-state index in [0.29, 0.717) is 37.9 Å².